The summed E-state index contributed by atoms with van der Waals surface area (Å²) in [7, 11) is 0. The fraction of sp³-hybridized carbons (Fsp3) is 0.0625. The second kappa shape index (κ2) is 6.91. The number of rotatable bonds is 2. The molecule has 2 aromatic carbocycles. The SMILES string of the molecule is O=C(O)C=Cc1cccc(Br)c1.c1ccc2c(c1)CO2. The highest BCUT2D eigenvalue weighted by Crippen LogP contribution is 2.27. The number of halogens is 1. The first kappa shape index (κ1) is 14.3. The van der Waals surface area contributed by atoms with Gasteiger partial charge in [0.15, 0.2) is 0 Å². The molecule has 0 fully saturated rings. The number of fused-ring (bicyclic) bond motifs is 1. The summed E-state index contributed by atoms with van der Waals surface area (Å²) in [5.74, 6) is 0.113. The Labute approximate surface area is 125 Å². The fourth-order valence-electron chi connectivity index (χ4n) is 1.62. The number of para-hydroxylation sites is 1. The van der Waals surface area contributed by atoms with Crippen molar-refractivity contribution in [3.8, 4) is 5.75 Å². The van der Waals surface area contributed by atoms with Crippen molar-refractivity contribution in [3.05, 3.63) is 70.2 Å². The van der Waals surface area contributed by atoms with Crippen molar-refractivity contribution in [2.75, 3.05) is 0 Å². The van der Waals surface area contributed by atoms with Crippen LogP contribution in [0.4, 0.5) is 0 Å². The average Bonchev–Trinajstić information content (AvgIpc) is 2.39. The normalized spacial score (nSPS) is 11.7. The average molecular weight is 333 g/mol. The van der Waals surface area contributed by atoms with Crippen LogP contribution < -0.4 is 4.74 Å². The van der Waals surface area contributed by atoms with Crippen molar-refractivity contribution in [1.82, 2.24) is 0 Å². The van der Waals surface area contributed by atoms with Gasteiger partial charge in [0.1, 0.15) is 12.4 Å². The summed E-state index contributed by atoms with van der Waals surface area (Å²) in [6.45, 7) is 0.802. The third-order valence-corrected chi connectivity index (χ3v) is 3.12. The molecule has 1 heterocycles. The number of aliphatic carboxylic acids is 1. The minimum absolute atomic E-state index is 0.802. The molecule has 0 bridgehead atoms. The zero-order valence-electron chi connectivity index (χ0n) is 10.6. The molecule has 3 nitrogen and oxygen atoms in total. The Kier molecular flexibility index (Phi) is 4.96. The van der Waals surface area contributed by atoms with Crippen LogP contribution in [0.1, 0.15) is 11.1 Å². The van der Waals surface area contributed by atoms with Gasteiger partial charge >= 0.3 is 5.97 Å². The van der Waals surface area contributed by atoms with Crippen molar-refractivity contribution < 1.29 is 14.6 Å². The minimum atomic E-state index is -0.935. The largest absolute Gasteiger partial charge is 0.488 e. The third kappa shape index (κ3) is 4.24. The first-order valence-electron chi connectivity index (χ1n) is 6.02. The first-order valence-corrected chi connectivity index (χ1v) is 6.82. The minimum Gasteiger partial charge on any atom is -0.488 e. The van der Waals surface area contributed by atoms with Crippen LogP contribution >= 0.6 is 15.9 Å². The van der Waals surface area contributed by atoms with E-state index < -0.39 is 5.97 Å². The van der Waals surface area contributed by atoms with E-state index >= 15 is 0 Å². The highest BCUT2D eigenvalue weighted by atomic mass is 79.9. The number of benzene rings is 2. The van der Waals surface area contributed by atoms with Crippen molar-refractivity contribution in [2.24, 2.45) is 0 Å². The molecule has 0 aromatic heterocycles. The van der Waals surface area contributed by atoms with Gasteiger partial charge in [-0.1, -0.05) is 46.3 Å². The van der Waals surface area contributed by atoms with Gasteiger partial charge in [-0.2, -0.15) is 0 Å². The molecule has 0 spiro atoms. The van der Waals surface area contributed by atoms with Crippen LogP contribution in [0.25, 0.3) is 6.08 Å². The van der Waals surface area contributed by atoms with Crippen molar-refractivity contribution >= 4 is 28.0 Å². The molecule has 4 heteroatoms. The van der Waals surface area contributed by atoms with E-state index in [1.54, 1.807) is 6.08 Å². The molecule has 0 saturated carbocycles. The van der Waals surface area contributed by atoms with Crippen LogP contribution in [0.5, 0.6) is 5.75 Å². The van der Waals surface area contributed by atoms with E-state index in [0.29, 0.717) is 0 Å². The van der Waals surface area contributed by atoms with Crippen molar-refractivity contribution in [2.45, 2.75) is 6.61 Å². The lowest BCUT2D eigenvalue weighted by atomic mass is 10.1. The van der Waals surface area contributed by atoms with E-state index in [1.165, 1.54) is 5.56 Å². The summed E-state index contributed by atoms with van der Waals surface area (Å²) >= 11 is 3.29. The zero-order valence-corrected chi connectivity index (χ0v) is 12.2. The molecule has 0 radical (unpaired) electrons. The van der Waals surface area contributed by atoms with E-state index in [2.05, 4.69) is 22.0 Å². The molecule has 0 saturated heterocycles. The van der Waals surface area contributed by atoms with Gasteiger partial charge in [-0.3, -0.25) is 0 Å². The Morgan fingerprint density at radius 1 is 1.20 bits per heavy atom. The Hall–Kier alpha value is -2.07. The molecular weight excluding hydrogens is 320 g/mol. The second-order valence-corrected chi connectivity index (χ2v) is 5.04. The van der Waals surface area contributed by atoms with Crippen LogP contribution in [0, 0.1) is 0 Å². The van der Waals surface area contributed by atoms with Crippen LogP contribution in [0.3, 0.4) is 0 Å². The quantitative estimate of drug-likeness (QED) is 0.841. The summed E-state index contributed by atoms with van der Waals surface area (Å²) in [6, 6.07) is 15.5. The molecule has 0 atom stereocenters. The van der Waals surface area contributed by atoms with Crippen LogP contribution in [-0.2, 0) is 11.4 Å². The van der Waals surface area contributed by atoms with Gasteiger partial charge in [-0.25, -0.2) is 4.79 Å². The lowest BCUT2D eigenvalue weighted by Gasteiger charge is -2.18. The Balaban J connectivity index is 0.000000157. The van der Waals surface area contributed by atoms with Crippen molar-refractivity contribution in [3.63, 3.8) is 0 Å². The summed E-state index contributed by atoms with van der Waals surface area (Å²) < 4.78 is 6.02. The fourth-order valence-corrected chi connectivity index (χ4v) is 2.03. The molecular formula is C16H13BrO3. The Morgan fingerprint density at radius 3 is 2.50 bits per heavy atom. The van der Waals surface area contributed by atoms with E-state index in [4.69, 9.17) is 9.84 Å². The highest BCUT2D eigenvalue weighted by molar-refractivity contribution is 9.10. The lowest BCUT2D eigenvalue weighted by Crippen LogP contribution is -2.07. The van der Waals surface area contributed by atoms with Gasteiger partial charge in [0.05, 0.1) is 0 Å². The van der Waals surface area contributed by atoms with Gasteiger partial charge in [0, 0.05) is 16.1 Å². The number of carboxylic acid groups (broad SMARTS) is 1. The molecule has 102 valence electrons. The molecule has 2 aromatic rings. The predicted octanol–water partition coefficient (Wildman–Crippen LogP) is 4.13. The Morgan fingerprint density at radius 2 is 2.00 bits per heavy atom. The van der Waals surface area contributed by atoms with Crippen LogP contribution in [0.2, 0.25) is 0 Å². The molecule has 3 rings (SSSR count). The molecule has 1 aliphatic heterocycles. The van der Waals surface area contributed by atoms with Crippen LogP contribution in [0.15, 0.2) is 59.1 Å². The summed E-state index contributed by atoms with van der Waals surface area (Å²) in [5.41, 5.74) is 2.19. The topological polar surface area (TPSA) is 46.5 Å². The molecule has 1 N–H and O–H groups in total. The van der Waals surface area contributed by atoms with Gasteiger partial charge in [-0.05, 0) is 29.8 Å². The first-order chi connectivity index (χ1) is 9.65. The maximum Gasteiger partial charge on any atom is 0.328 e. The maximum absolute atomic E-state index is 10.2. The van der Waals surface area contributed by atoms with Crippen molar-refractivity contribution in [1.29, 1.82) is 0 Å². The summed E-state index contributed by atoms with van der Waals surface area (Å²) in [5, 5.41) is 8.35. The van der Waals surface area contributed by atoms with E-state index in [1.807, 2.05) is 42.5 Å². The molecule has 0 aliphatic carbocycles. The zero-order chi connectivity index (χ0) is 14.4. The maximum atomic E-state index is 10.2. The third-order valence-electron chi connectivity index (χ3n) is 2.62. The second-order valence-electron chi connectivity index (χ2n) is 4.12. The van der Waals surface area contributed by atoms with Gasteiger partial charge in [0.2, 0.25) is 0 Å². The predicted molar refractivity (Wildman–Crippen MR) is 81.6 cm³/mol. The number of hydrogen-bond donors (Lipinski definition) is 1. The Bertz CT molecular complexity index is 612. The molecule has 0 amide bonds. The molecule has 20 heavy (non-hydrogen) atoms. The number of hydrogen-bond acceptors (Lipinski definition) is 2. The van der Waals surface area contributed by atoms with Gasteiger partial charge in [0.25, 0.3) is 0 Å². The summed E-state index contributed by atoms with van der Waals surface area (Å²) in [4.78, 5) is 10.2. The molecule has 0 unspecified atom stereocenters. The lowest BCUT2D eigenvalue weighted by molar-refractivity contribution is -0.131. The van der Waals surface area contributed by atoms with Gasteiger partial charge < -0.3 is 9.84 Å². The molecule has 1 aliphatic rings. The van der Waals surface area contributed by atoms with Crippen LogP contribution in [-0.4, -0.2) is 11.1 Å². The number of ether oxygens (including phenoxy) is 1. The number of carboxylic acids is 1. The van der Waals surface area contributed by atoms with Gasteiger partial charge in [-0.15, -0.1) is 0 Å². The highest BCUT2D eigenvalue weighted by Gasteiger charge is 2.10. The monoisotopic (exact) mass is 332 g/mol. The number of carbonyl (C=O) groups is 1. The van der Waals surface area contributed by atoms with E-state index in [-0.39, 0.29) is 0 Å². The van der Waals surface area contributed by atoms with E-state index in [0.717, 1.165) is 28.5 Å². The summed E-state index contributed by atoms with van der Waals surface area (Å²) in [6.07, 6.45) is 2.66. The standard InChI is InChI=1S/C9H7BrO2.C7H6O/c10-8-3-1-2-7(6-8)4-5-9(11)12;1-2-4-7-6(3-1)5-8-7/h1-6H,(H,11,12);1-4H,5H2. The van der Waals surface area contributed by atoms with E-state index in [9.17, 15) is 4.79 Å². The smallest absolute Gasteiger partial charge is 0.328 e.